The van der Waals surface area contributed by atoms with Gasteiger partial charge in [0.05, 0.1) is 5.69 Å². The van der Waals surface area contributed by atoms with Crippen molar-refractivity contribution in [2.24, 2.45) is 0 Å². The minimum Gasteiger partial charge on any atom is -0.396 e. The molecule has 1 rings (SSSR count). The van der Waals surface area contributed by atoms with E-state index in [0.29, 0.717) is 12.1 Å². The van der Waals surface area contributed by atoms with Crippen molar-refractivity contribution in [3.63, 3.8) is 0 Å². The molecule has 0 saturated heterocycles. The van der Waals surface area contributed by atoms with Crippen molar-refractivity contribution in [1.29, 1.82) is 0 Å². The van der Waals surface area contributed by atoms with E-state index >= 15 is 0 Å². The Morgan fingerprint density at radius 1 is 1.28 bits per heavy atom. The van der Waals surface area contributed by atoms with Crippen LogP contribution in [0.1, 0.15) is 33.3 Å². The normalized spacial score (nSPS) is 11.6. The van der Waals surface area contributed by atoms with Gasteiger partial charge in [-0.15, -0.1) is 0 Å². The van der Waals surface area contributed by atoms with E-state index in [9.17, 15) is 0 Å². The Hall–Kier alpha value is -1.29. The van der Waals surface area contributed by atoms with E-state index in [2.05, 4.69) is 42.9 Å². The van der Waals surface area contributed by atoms with Crippen molar-refractivity contribution >= 4 is 11.5 Å². The Balaban J connectivity index is 2.53. The fourth-order valence-corrected chi connectivity index (χ4v) is 2.13. The van der Waals surface area contributed by atoms with Gasteiger partial charge >= 0.3 is 0 Å². The molecule has 0 spiro atoms. The Morgan fingerprint density at radius 3 is 2.44 bits per heavy atom. The number of nitrogens with zero attached hydrogens (tertiary/aromatic N) is 2. The molecule has 0 bridgehead atoms. The molecule has 0 saturated carbocycles. The second kappa shape index (κ2) is 6.59. The molecule has 4 heteroatoms. The summed E-state index contributed by atoms with van der Waals surface area (Å²) in [6.45, 7) is 12.7. The predicted octanol–water partition coefficient (Wildman–Crippen LogP) is 2.50. The highest BCUT2D eigenvalue weighted by Gasteiger charge is 2.12. The molecular formula is C14H26N4. The minimum atomic E-state index is 0.551. The first-order valence-corrected chi connectivity index (χ1v) is 6.64. The van der Waals surface area contributed by atoms with Crippen LogP contribution in [0.5, 0.6) is 0 Å². The lowest BCUT2D eigenvalue weighted by molar-refractivity contribution is 0.182. The smallest absolute Gasteiger partial charge is 0.149 e. The first-order chi connectivity index (χ1) is 8.43. The van der Waals surface area contributed by atoms with Gasteiger partial charge in [-0.1, -0.05) is 0 Å². The van der Waals surface area contributed by atoms with E-state index in [0.717, 1.165) is 30.2 Å². The number of nitrogen functional groups attached to an aromatic ring is 1. The molecule has 0 unspecified atom stereocenters. The Kier molecular flexibility index (Phi) is 5.41. The summed E-state index contributed by atoms with van der Waals surface area (Å²) in [4.78, 5) is 6.71. The molecule has 0 aliphatic carbocycles. The molecule has 18 heavy (non-hydrogen) atoms. The SMILES string of the molecule is Cc1ccnc(NCCN(C(C)C)C(C)C)c1N. The fourth-order valence-electron chi connectivity index (χ4n) is 2.13. The molecule has 0 amide bonds. The topological polar surface area (TPSA) is 54.2 Å². The van der Waals surface area contributed by atoms with Gasteiger partial charge in [0.15, 0.2) is 0 Å². The zero-order valence-corrected chi connectivity index (χ0v) is 12.2. The summed E-state index contributed by atoms with van der Waals surface area (Å²) in [6.07, 6.45) is 1.79. The Morgan fingerprint density at radius 2 is 1.89 bits per heavy atom. The number of rotatable bonds is 6. The molecule has 0 fully saturated rings. The van der Waals surface area contributed by atoms with Gasteiger partial charge in [-0.05, 0) is 46.2 Å². The quantitative estimate of drug-likeness (QED) is 0.814. The number of hydrogen-bond acceptors (Lipinski definition) is 4. The standard InChI is InChI=1S/C14H26N4/c1-10(2)18(11(3)4)9-8-17-14-13(15)12(5)6-7-16-14/h6-7,10-11H,8-9,15H2,1-5H3,(H,16,17). The molecule has 1 heterocycles. The maximum atomic E-state index is 5.98. The first-order valence-electron chi connectivity index (χ1n) is 6.64. The number of aromatic nitrogens is 1. The molecule has 3 N–H and O–H groups in total. The summed E-state index contributed by atoms with van der Waals surface area (Å²) in [6, 6.07) is 3.03. The van der Waals surface area contributed by atoms with E-state index in [-0.39, 0.29) is 0 Å². The number of nitrogens with one attached hydrogen (secondary N) is 1. The molecule has 4 nitrogen and oxygen atoms in total. The monoisotopic (exact) mass is 250 g/mol. The molecule has 0 aliphatic rings. The van der Waals surface area contributed by atoms with Gasteiger partial charge in [-0.3, -0.25) is 4.90 Å². The third-order valence-electron chi connectivity index (χ3n) is 3.20. The molecule has 102 valence electrons. The molecule has 1 aromatic rings. The van der Waals surface area contributed by atoms with Crippen molar-refractivity contribution in [2.75, 3.05) is 24.1 Å². The van der Waals surface area contributed by atoms with Crippen LogP contribution in [-0.2, 0) is 0 Å². The van der Waals surface area contributed by atoms with Crippen LogP contribution in [0.2, 0.25) is 0 Å². The second-order valence-electron chi connectivity index (χ2n) is 5.24. The molecule has 0 atom stereocenters. The highest BCUT2D eigenvalue weighted by atomic mass is 15.2. The zero-order chi connectivity index (χ0) is 13.7. The van der Waals surface area contributed by atoms with Crippen LogP contribution in [0, 0.1) is 6.92 Å². The van der Waals surface area contributed by atoms with Crippen molar-refractivity contribution in [3.05, 3.63) is 17.8 Å². The Labute approximate surface area is 111 Å². The second-order valence-corrected chi connectivity index (χ2v) is 5.24. The van der Waals surface area contributed by atoms with Crippen molar-refractivity contribution in [1.82, 2.24) is 9.88 Å². The van der Waals surface area contributed by atoms with Gasteiger partial charge in [-0.2, -0.15) is 0 Å². The van der Waals surface area contributed by atoms with Gasteiger partial charge in [-0.25, -0.2) is 4.98 Å². The van der Waals surface area contributed by atoms with Crippen LogP contribution in [0.25, 0.3) is 0 Å². The highest BCUT2D eigenvalue weighted by molar-refractivity contribution is 5.64. The highest BCUT2D eigenvalue weighted by Crippen LogP contribution is 2.18. The van der Waals surface area contributed by atoms with Crippen LogP contribution < -0.4 is 11.1 Å². The largest absolute Gasteiger partial charge is 0.396 e. The summed E-state index contributed by atoms with van der Waals surface area (Å²) in [5, 5.41) is 3.32. The lowest BCUT2D eigenvalue weighted by atomic mass is 10.2. The lowest BCUT2D eigenvalue weighted by Gasteiger charge is -2.30. The summed E-state index contributed by atoms with van der Waals surface area (Å²) in [7, 11) is 0. The lowest BCUT2D eigenvalue weighted by Crippen LogP contribution is -2.40. The van der Waals surface area contributed by atoms with Crippen LogP contribution in [0.15, 0.2) is 12.3 Å². The van der Waals surface area contributed by atoms with Gasteiger partial charge in [0.1, 0.15) is 5.82 Å². The van der Waals surface area contributed by atoms with E-state index in [1.165, 1.54) is 0 Å². The Bertz CT molecular complexity index is 366. The van der Waals surface area contributed by atoms with Gasteiger partial charge in [0.25, 0.3) is 0 Å². The van der Waals surface area contributed by atoms with E-state index in [1.807, 2.05) is 13.0 Å². The maximum absolute atomic E-state index is 5.98. The van der Waals surface area contributed by atoms with Gasteiger partial charge in [0.2, 0.25) is 0 Å². The van der Waals surface area contributed by atoms with E-state index < -0.39 is 0 Å². The molecule has 1 aromatic heterocycles. The maximum Gasteiger partial charge on any atom is 0.149 e. The van der Waals surface area contributed by atoms with Crippen LogP contribution >= 0.6 is 0 Å². The van der Waals surface area contributed by atoms with Gasteiger partial charge in [0, 0.05) is 31.4 Å². The summed E-state index contributed by atoms with van der Waals surface area (Å²) in [5.74, 6) is 0.794. The number of nitrogens with two attached hydrogens (primary N) is 1. The van der Waals surface area contributed by atoms with E-state index in [1.54, 1.807) is 6.20 Å². The number of aryl methyl sites for hydroxylation is 1. The number of pyridine rings is 1. The fraction of sp³-hybridized carbons (Fsp3) is 0.643. The van der Waals surface area contributed by atoms with Crippen LogP contribution in [-0.4, -0.2) is 35.1 Å². The number of anilines is 2. The zero-order valence-electron chi connectivity index (χ0n) is 12.2. The molecular weight excluding hydrogens is 224 g/mol. The molecule has 0 aromatic carbocycles. The van der Waals surface area contributed by atoms with Crippen molar-refractivity contribution < 1.29 is 0 Å². The van der Waals surface area contributed by atoms with Crippen LogP contribution in [0.4, 0.5) is 11.5 Å². The average Bonchev–Trinajstić information content (AvgIpc) is 2.28. The van der Waals surface area contributed by atoms with E-state index in [4.69, 9.17) is 5.73 Å². The van der Waals surface area contributed by atoms with Gasteiger partial charge < -0.3 is 11.1 Å². The van der Waals surface area contributed by atoms with Crippen molar-refractivity contribution in [2.45, 2.75) is 46.7 Å². The number of hydrogen-bond donors (Lipinski definition) is 2. The van der Waals surface area contributed by atoms with Crippen LogP contribution in [0.3, 0.4) is 0 Å². The first kappa shape index (κ1) is 14.8. The third kappa shape index (κ3) is 3.88. The summed E-state index contributed by atoms with van der Waals surface area (Å²) >= 11 is 0. The minimum absolute atomic E-state index is 0.551. The average molecular weight is 250 g/mol. The summed E-state index contributed by atoms with van der Waals surface area (Å²) < 4.78 is 0. The van der Waals surface area contributed by atoms with Crippen molar-refractivity contribution in [3.8, 4) is 0 Å². The predicted molar refractivity (Wildman–Crippen MR) is 78.9 cm³/mol. The third-order valence-corrected chi connectivity index (χ3v) is 3.20. The molecule has 0 radical (unpaired) electrons. The molecule has 0 aliphatic heterocycles. The summed E-state index contributed by atoms with van der Waals surface area (Å²) in [5.41, 5.74) is 7.80.